The molecule has 1 aliphatic heterocycles. The molecule has 1 aromatic carbocycles. The minimum Gasteiger partial charge on any atom is -0.445 e. The molecule has 0 radical (unpaired) electrons. The van der Waals surface area contributed by atoms with E-state index < -0.39 is 47.7 Å². The van der Waals surface area contributed by atoms with Crippen molar-refractivity contribution in [2.45, 2.75) is 71.7 Å². The van der Waals surface area contributed by atoms with Crippen LogP contribution in [0.15, 0.2) is 42.5 Å². The summed E-state index contributed by atoms with van der Waals surface area (Å²) < 4.78 is 5.27. The van der Waals surface area contributed by atoms with Crippen LogP contribution in [-0.2, 0) is 43.4 Å². The number of ether oxygens (including phenoxy) is 1. The molecule has 2 aromatic rings. The van der Waals surface area contributed by atoms with Gasteiger partial charge in [-0.25, -0.2) is 4.79 Å². The largest absolute Gasteiger partial charge is 0.445 e. The van der Waals surface area contributed by atoms with Gasteiger partial charge in [0.05, 0.1) is 0 Å². The van der Waals surface area contributed by atoms with Gasteiger partial charge in [-0.15, -0.1) is 11.3 Å². The van der Waals surface area contributed by atoms with Crippen molar-refractivity contribution in [3.8, 4) is 0 Å². The first-order valence-electron chi connectivity index (χ1n) is 13.5. The Morgan fingerprint density at radius 1 is 0.975 bits per heavy atom. The van der Waals surface area contributed by atoms with Crippen LogP contribution in [0.5, 0.6) is 0 Å². The van der Waals surface area contributed by atoms with Crippen LogP contribution in [0, 0.1) is 11.8 Å². The Kier molecular flexibility index (Phi) is 11.2. The monoisotopic (exact) mass is 570 g/mol. The van der Waals surface area contributed by atoms with Gasteiger partial charge in [0.25, 0.3) is 5.91 Å². The Balaban J connectivity index is 1.68. The van der Waals surface area contributed by atoms with E-state index in [1.54, 1.807) is 13.8 Å². The number of alkyl carbamates (subject to hydrolysis) is 1. The molecular formula is C29H38N4O6S. The Morgan fingerprint density at radius 3 is 2.35 bits per heavy atom. The molecule has 4 amide bonds. The molecule has 3 unspecified atom stereocenters. The molecule has 11 heteroatoms. The molecule has 3 atom stereocenters. The SMILES string of the molecule is CC(C)CC(NC(=O)C(NC(=O)OCc1ccccc1)C(C)C)C(=O)NC1Cc2ccc(s2)CCNC(=O)C1=O. The van der Waals surface area contributed by atoms with Crippen LogP contribution in [0.4, 0.5) is 4.79 Å². The third-order valence-corrected chi connectivity index (χ3v) is 7.58. The number of amides is 4. The molecule has 40 heavy (non-hydrogen) atoms. The number of benzene rings is 1. The summed E-state index contributed by atoms with van der Waals surface area (Å²) in [5.41, 5.74) is 0.805. The summed E-state index contributed by atoms with van der Waals surface area (Å²) in [7, 11) is 0. The van der Waals surface area contributed by atoms with Gasteiger partial charge in [0.1, 0.15) is 24.7 Å². The third kappa shape index (κ3) is 9.18. The summed E-state index contributed by atoms with van der Waals surface area (Å²) in [6, 6.07) is 9.98. The normalized spacial score (nSPS) is 17.0. The van der Waals surface area contributed by atoms with Gasteiger partial charge in [0, 0.05) is 22.7 Å². The standard InChI is InChI=1S/C29H38N4O6S/c1-17(2)14-23(26(35)31-22-15-21-11-10-20(40-21)12-13-30-28(37)25(22)34)32-27(36)24(18(3)4)33-29(38)39-16-19-8-6-5-7-9-19/h5-11,17-18,22-24H,12-16H2,1-4H3,(H,30,37)(H,31,35)(H,32,36)(H,33,38). The van der Waals surface area contributed by atoms with Crippen LogP contribution >= 0.6 is 11.3 Å². The van der Waals surface area contributed by atoms with Gasteiger partial charge in [0.15, 0.2) is 0 Å². The first-order valence-corrected chi connectivity index (χ1v) is 14.3. The van der Waals surface area contributed by atoms with Gasteiger partial charge in [-0.2, -0.15) is 0 Å². The number of hydrogen-bond donors (Lipinski definition) is 4. The predicted octanol–water partition coefficient (Wildman–Crippen LogP) is 2.50. The Labute approximate surface area is 238 Å². The Bertz CT molecular complexity index is 1200. The summed E-state index contributed by atoms with van der Waals surface area (Å²) >= 11 is 1.53. The van der Waals surface area contributed by atoms with Gasteiger partial charge in [-0.1, -0.05) is 58.0 Å². The molecule has 0 spiro atoms. The fourth-order valence-electron chi connectivity index (χ4n) is 4.28. The zero-order chi connectivity index (χ0) is 29.2. The van der Waals surface area contributed by atoms with Gasteiger partial charge >= 0.3 is 6.09 Å². The quantitative estimate of drug-likeness (QED) is 0.323. The first kappa shape index (κ1) is 30.8. The average molecular weight is 571 g/mol. The van der Waals surface area contributed by atoms with Gasteiger partial charge in [-0.05, 0) is 42.4 Å². The van der Waals surface area contributed by atoms with Crippen molar-refractivity contribution >= 4 is 40.9 Å². The zero-order valence-electron chi connectivity index (χ0n) is 23.3. The van der Waals surface area contributed by atoms with E-state index in [2.05, 4.69) is 21.3 Å². The molecular weight excluding hydrogens is 532 g/mol. The third-order valence-electron chi connectivity index (χ3n) is 6.41. The highest BCUT2D eigenvalue weighted by molar-refractivity contribution is 7.12. The molecule has 2 bridgehead atoms. The molecule has 0 saturated carbocycles. The highest BCUT2D eigenvalue weighted by atomic mass is 32.1. The van der Waals surface area contributed by atoms with Crippen molar-refractivity contribution in [3.05, 3.63) is 57.8 Å². The number of hydrogen-bond acceptors (Lipinski definition) is 7. The van der Waals surface area contributed by atoms with E-state index in [0.717, 1.165) is 15.3 Å². The lowest BCUT2D eigenvalue weighted by Crippen LogP contribution is -2.58. The van der Waals surface area contributed by atoms with Crippen LogP contribution in [0.1, 0.15) is 49.4 Å². The second-order valence-corrected chi connectivity index (χ2v) is 11.9. The molecule has 0 saturated heterocycles. The number of ketones is 1. The Hall–Kier alpha value is -3.73. The maximum Gasteiger partial charge on any atom is 0.408 e. The molecule has 2 heterocycles. The van der Waals surface area contributed by atoms with Crippen LogP contribution in [0.3, 0.4) is 0 Å². The van der Waals surface area contributed by atoms with Crippen molar-refractivity contribution in [1.29, 1.82) is 0 Å². The van der Waals surface area contributed by atoms with Crippen LogP contribution in [0.2, 0.25) is 0 Å². The summed E-state index contributed by atoms with van der Waals surface area (Å²) in [6.07, 6.45) is 0.343. The maximum absolute atomic E-state index is 13.4. The van der Waals surface area contributed by atoms with E-state index in [-0.39, 0.29) is 31.3 Å². The topological polar surface area (TPSA) is 143 Å². The lowest BCUT2D eigenvalue weighted by atomic mass is 9.99. The van der Waals surface area contributed by atoms with Crippen molar-refractivity contribution in [1.82, 2.24) is 21.3 Å². The van der Waals surface area contributed by atoms with E-state index in [9.17, 15) is 24.0 Å². The number of thiophene rings is 1. The average Bonchev–Trinajstić information content (AvgIpc) is 3.35. The highest BCUT2D eigenvalue weighted by Gasteiger charge is 2.33. The van der Waals surface area contributed by atoms with E-state index in [1.807, 2.05) is 56.3 Å². The van der Waals surface area contributed by atoms with Gasteiger partial charge in [-0.3, -0.25) is 19.2 Å². The maximum atomic E-state index is 13.4. The van der Waals surface area contributed by atoms with Crippen molar-refractivity contribution < 1.29 is 28.7 Å². The second kappa shape index (κ2) is 14.6. The molecule has 216 valence electrons. The Morgan fingerprint density at radius 2 is 1.68 bits per heavy atom. The van der Waals surface area contributed by atoms with Crippen molar-refractivity contribution in [3.63, 3.8) is 0 Å². The molecule has 10 nitrogen and oxygen atoms in total. The summed E-state index contributed by atoms with van der Waals surface area (Å²) in [6.45, 7) is 7.72. The fourth-order valence-corrected chi connectivity index (χ4v) is 5.35. The molecule has 4 N–H and O–H groups in total. The van der Waals surface area contributed by atoms with Crippen LogP contribution < -0.4 is 21.3 Å². The van der Waals surface area contributed by atoms with E-state index in [0.29, 0.717) is 13.0 Å². The molecule has 0 aliphatic carbocycles. The summed E-state index contributed by atoms with van der Waals surface area (Å²) in [4.78, 5) is 66.4. The van der Waals surface area contributed by atoms with Crippen molar-refractivity contribution in [2.75, 3.05) is 6.54 Å². The van der Waals surface area contributed by atoms with E-state index in [4.69, 9.17) is 4.74 Å². The number of fused-ring (bicyclic) bond motifs is 2. The fraction of sp³-hybridized carbons (Fsp3) is 0.483. The number of carbonyl (C=O) groups is 5. The van der Waals surface area contributed by atoms with Crippen molar-refractivity contribution in [2.24, 2.45) is 11.8 Å². The minimum absolute atomic E-state index is 0.0280. The number of carbonyl (C=O) groups excluding carboxylic acids is 5. The lowest BCUT2D eigenvalue weighted by molar-refractivity contribution is -0.140. The van der Waals surface area contributed by atoms with Crippen LogP contribution in [-0.4, -0.2) is 54.3 Å². The highest BCUT2D eigenvalue weighted by Crippen LogP contribution is 2.20. The van der Waals surface area contributed by atoms with Gasteiger partial charge in [0.2, 0.25) is 17.6 Å². The second-order valence-electron chi connectivity index (χ2n) is 10.6. The summed E-state index contributed by atoms with van der Waals surface area (Å²) in [5.74, 6) is -2.88. The van der Waals surface area contributed by atoms with Crippen LogP contribution in [0.25, 0.3) is 0 Å². The van der Waals surface area contributed by atoms with E-state index in [1.165, 1.54) is 11.3 Å². The molecule has 1 aliphatic rings. The number of Topliss-reactive ketones (excluding diaryl/α,β-unsaturated/α-hetero) is 1. The predicted molar refractivity (Wildman–Crippen MR) is 151 cm³/mol. The number of nitrogens with one attached hydrogen (secondary N) is 4. The first-order chi connectivity index (χ1) is 19.0. The van der Waals surface area contributed by atoms with E-state index >= 15 is 0 Å². The molecule has 3 rings (SSSR count). The summed E-state index contributed by atoms with van der Waals surface area (Å²) in [5, 5.41) is 10.7. The lowest BCUT2D eigenvalue weighted by Gasteiger charge is -2.27. The number of rotatable bonds is 10. The zero-order valence-corrected chi connectivity index (χ0v) is 24.1. The molecule has 1 aromatic heterocycles. The smallest absolute Gasteiger partial charge is 0.408 e. The molecule has 0 fully saturated rings. The minimum atomic E-state index is -1.07. The van der Waals surface area contributed by atoms with Gasteiger partial charge < -0.3 is 26.0 Å².